The monoisotopic (exact) mass is 418 g/mol. The van der Waals surface area contributed by atoms with Crippen LogP contribution >= 0.6 is 0 Å². The molecule has 1 unspecified atom stereocenters. The first-order chi connectivity index (χ1) is 14.1. The van der Waals surface area contributed by atoms with E-state index in [0.717, 1.165) is 44.9 Å². The Labute approximate surface area is 179 Å². The van der Waals surface area contributed by atoms with Gasteiger partial charge in [-0.15, -0.1) is 0 Å². The van der Waals surface area contributed by atoms with Crippen LogP contribution in [0.1, 0.15) is 78.6 Å². The molecule has 4 aliphatic carbocycles. The summed E-state index contributed by atoms with van der Waals surface area (Å²) in [6.07, 6.45) is 6.98. The number of nitrogens with zero attached hydrogens (tertiary/aromatic N) is 2. The molecule has 4 fully saturated rings. The maximum atomic E-state index is 11.6. The van der Waals surface area contributed by atoms with E-state index < -0.39 is 5.97 Å². The van der Waals surface area contributed by atoms with E-state index in [9.17, 15) is 15.0 Å². The van der Waals surface area contributed by atoms with E-state index in [-0.39, 0.29) is 35.1 Å². The minimum atomic E-state index is -0.730. The standard InChI is InChI=1S/C24H38N2O4/c1-13(4-7-20(29)30)16-5-6-17-21-18(11-19(28)23(16,17)3)22(2)9-8-15(27)10-14(22)12-24(21)25-26-24/h13-19,21,27-28H,4-12H2,1-3H3,(H,29,30)/t13-,14+,15-,16-,17+,18+,19+,21?,22+,23-/m0/s1. The largest absolute Gasteiger partial charge is 0.481 e. The van der Waals surface area contributed by atoms with Gasteiger partial charge in [0.1, 0.15) is 0 Å². The minimum absolute atomic E-state index is 0.151. The van der Waals surface area contributed by atoms with Gasteiger partial charge in [0.25, 0.3) is 0 Å². The quantitative estimate of drug-likeness (QED) is 0.635. The maximum Gasteiger partial charge on any atom is 0.303 e. The van der Waals surface area contributed by atoms with Gasteiger partial charge in [-0.25, -0.2) is 0 Å². The molecule has 5 rings (SSSR count). The van der Waals surface area contributed by atoms with Gasteiger partial charge in [-0.1, -0.05) is 20.8 Å². The van der Waals surface area contributed by atoms with Crippen LogP contribution in [0.2, 0.25) is 0 Å². The van der Waals surface area contributed by atoms with Crippen molar-refractivity contribution < 1.29 is 20.1 Å². The van der Waals surface area contributed by atoms with Crippen LogP contribution in [0.5, 0.6) is 0 Å². The first-order valence-electron chi connectivity index (χ1n) is 12.1. The highest BCUT2D eigenvalue weighted by Crippen LogP contribution is 2.72. The van der Waals surface area contributed by atoms with Crippen molar-refractivity contribution in [2.75, 3.05) is 0 Å². The molecule has 168 valence electrons. The Morgan fingerprint density at radius 1 is 1.10 bits per heavy atom. The second kappa shape index (κ2) is 6.74. The highest BCUT2D eigenvalue weighted by atomic mass is 16.4. The van der Waals surface area contributed by atoms with E-state index in [1.165, 1.54) is 0 Å². The molecule has 0 radical (unpaired) electrons. The van der Waals surface area contributed by atoms with Crippen molar-refractivity contribution in [2.24, 2.45) is 56.6 Å². The Bertz CT molecular complexity index is 749. The van der Waals surface area contributed by atoms with E-state index in [0.29, 0.717) is 41.9 Å². The molecule has 3 N–H and O–H groups in total. The Kier molecular flexibility index (Phi) is 4.69. The van der Waals surface area contributed by atoms with E-state index >= 15 is 0 Å². The number of rotatable bonds is 4. The van der Waals surface area contributed by atoms with Crippen LogP contribution in [0.3, 0.4) is 0 Å². The number of carbonyl (C=O) groups is 1. The van der Waals surface area contributed by atoms with Gasteiger partial charge in [-0.3, -0.25) is 4.79 Å². The lowest BCUT2D eigenvalue weighted by Gasteiger charge is -2.63. The van der Waals surface area contributed by atoms with Gasteiger partial charge in [0.15, 0.2) is 5.66 Å². The van der Waals surface area contributed by atoms with Gasteiger partial charge in [-0.2, -0.15) is 10.2 Å². The summed E-state index contributed by atoms with van der Waals surface area (Å²) in [5.74, 6) is 1.53. The van der Waals surface area contributed by atoms with Crippen LogP contribution in [0.4, 0.5) is 0 Å². The van der Waals surface area contributed by atoms with Crippen LogP contribution < -0.4 is 0 Å². The summed E-state index contributed by atoms with van der Waals surface area (Å²) in [4.78, 5) is 11.1. The average Bonchev–Trinajstić information content (AvgIpc) is 3.35. The molecule has 1 heterocycles. The highest BCUT2D eigenvalue weighted by Gasteiger charge is 2.72. The highest BCUT2D eigenvalue weighted by molar-refractivity contribution is 5.66. The molecular weight excluding hydrogens is 380 g/mol. The third kappa shape index (κ3) is 2.78. The summed E-state index contributed by atoms with van der Waals surface area (Å²) in [5.41, 5.74) is -0.313. The zero-order valence-electron chi connectivity index (χ0n) is 18.6. The fourth-order valence-electron chi connectivity index (χ4n) is 8.99. The number of hydrogen-bond donors (Lipinski definition) is 3. The molecule has 6 nitrogen and oxygen atoms in total. The van der Waals surface area contributed by atoms with Crippen LogP contribution in [0.25, 0.3) is 0 Å². The van der Waals surface area contributed by atoms with E-state index in [2.05, 4.69) is 31.0 Å². The van der Waals surface area contributed by atoms with Crippen LogP contribution in [-0.4, -0.2) is 39.2 Å². The molecule has 0 aromatic heterocycles. The van der Waals surface area contributed by atoms with Crippen LogP contribution in [0.15, 0.2) is 10.2 Å². The van der Waals surface area contributed by atoms with Gasteiger partial charge in [0.2, 0.25) is 0 Å². The number of hydrogen-bond acceptors (Lipinski definition) is 5. The lowest BCUT2D eigenvalue weighted by atomic mass is 9.42. The molecule has 30 heavy (non-hydrogen) atoms. The predicted molar refractivity (Wildman–Crippen MR) is 112 cm³/mol. The summed E-state index contributed by atoms with van der Waals surface area (Å²) in [7, 11) is 0. The summed E-state index contributed by atoms with van der Waals surface area (Å²) in [6, 6.07) is 0. The molecule has 10 atom stereocenters. The molecule has 1 spiro atoms. The van der Waals surface area contributed by atoms with Gasteiger partial charge in [0, 0.05) is 18.8 Å². The number of carboxylic acids is 1. The summed E-state index contributed by atoms with van der Waals surface area (Å²) >= 11 is 0. The van der Waals surface area contributed by atoms with Crippen molar-refractivity contribution in [2.45, 2.75) is 96.4 Å². The molecule has 0 aromatic rings. The second-order valence-electron chi connectivity index (χ2n) is 11.9. The molecule has 1 aliphatic heterocycles. The number of aliphatic hydroxyl groups is 2. The third-order valence-electron chi connectivity index (χ3n) is 10.7. The maximum absolute atomic E-state index is 11.6. The first kappa shape index (κ1) is 20.9. The van der Waals surface area contributed by atoms with Gasteiger partial charge >= 0.3 is 5.97 Å². The van der Waals surface area contributed by atoms with E-state index in [1.807, 2.05) is 0 Å². The Hall–Kier alpha value is -1.01. The zero-order chi connectivity index (χ0) is 21.5. The van der Waals surface area contributed by atoms with Gasteiger partial charge < -0.3 is 15.3 Å². The SMILES string of the molecule is C[C@@H](CCC(=O)O)[C@@H]1CC[C@@H]2C3[C@@H](C[C@@H](O)[C@]21C)[C@]1(C)CC[C@H](O)C[C@@H]1CC31N=N1. The fraction of sp³-hybridized carbons (Fsp3) is 0.958. The lowest BCUT2D eigenvalue weighted by Crippen LogP contribution is -2.63. The molecule has 0 saturated heterocycles. The van der Waals surface area contributed by atoms with E-state index in [4.69, 9.17) is 5.11 Å². The fourth-order valence-corrected chi connectivity index (χ4v) is 8.99. The molecule has 4 saturated carbocycles. The van der Waals surface area contributed by atoms with Gasteiger partial charge in [0.05, 0.1) is 12.2 Å². The van der Waals surface area contributed by atoms with Crippen molar-refractivity contribution in [3.8, 4) is 0 Å². The normalized spacial score (nSPS) is 51.7. The topological polar surface area (TPSA) is 102 Å². The predicted octanol–water partition coefficient (Wildman–Crippen LogP) is 4.25. The summed E-state index contributed by atoms with van der Waals surface area (Å²) in [5, 5.41) is 40.4. The Morgan fingerprint density at radius 2 is 1.83 bits per heavy atom. The second-order valence-corrected chi connectivity index (χ2v) is 11.9. The zero-order valence-corrected chi connectivity index (χ0v) is 18.6. The van der Waals surface area contributed by atoms with Crippen molar-refractivity contribution in [3.05, 3.63) is 0 Å². The Morgan fingerprint density at radius 3 is 2.50 bits per heavy atom. The average molecular weight is 419 g/mol. The molecule has 6 heteroatoms. The number of aliphatic carboxylic acids is 1. The van der Waals surface area contributed by atoms with Crippen molar-refractivity contribution in [1.29, 1.82) is 0 Å². The number of fused-ring (bicyclic) bond motifs is 6. The van der Waals surface area contributed by atoms with Crippen molar-refractivity contribution in [1.82, 2.24) is 0 Å². The Balaban J connectivity index is 1.46. The van der Waals surface area contributed by atoms with Crippen LogP contribution in [-0.2, 0) is 4.79 Å². The number of carboxylic acid groups (broad SMARTS) is 1. The molecule has 0 bridgehead atoms. The molecule has 0 amide bonds. The minimum Gasteiger partial charge on any atom is -0.481 e. The first-order valence-corrected chi connectivity index (χ1v) is 12.1. The third-order valence-corrected chi connectivity index (χ3v) is 10.7. The van der Waals surface area contributed by atoms with Crippen molar-refractivity contribution >= 4 is 5.97 Å². The lowest BCUT2D eigenvalue weighted by molar-refractivity contribution is -0.187. The molecular formula is C24H38N2O4. The van der Waals surface area contributed by atoms with Crippen molar-refractivity contribution in [3.63, 3.8) is 0 Å². The number of aliphatic hydroxyl groups excluding tert-OH is 2. The smallest absolute Gasteiger partial charge is 0.303 e. The molecule has 0 aromatic carbocycles. The molecule has 5 aliphatic rings. The summed E-state index contributed by atoms with van der Waals surface area (Å²) in [6.45, 7) is 6.87. The van der Waals surface area contributed by atoms with Gasteiger partial charge in [-0.05, 0) is 85.4 Å². The van der Waals surface area contributed by atoms with Crippen LogP contribution in [0, 0.1) is 46.3 Å². The summed E-state index contributed by atoms with van der Waals surface area (Å²) < 4.78 is 0. The van der Waals surface area contributed by atoms with E-state index in [1.54, 1.807) is 0 Å².